The molecule has 5 nitrogen and oxygen atoms in total. The van der Waals surface area contributed by atoms with Crippen LogP contribution in [-0.4, -0.2) is 57.5 Å². The maximum Gasteiger partial charge on any atom is 0.246 e. The Labute approximate surface area is 125 Å². The monoisotopic (exact) mass is 318 g/mol. The lowest BCUT2D eigenvalue weighted by Gasteiger charge is -2.31. The second kappa shape index (κ2) is 6.30. The maximum absolute atomic E-state index is 12.7. The van der Waals surface area contributed by atoms with Crippen molar-refractivity contribution in [2.75, 3.05) is 39.8 Å². The first-order chi connectivity index (χ1) is 9.45. The van der Waals surface area contributed by atoms with E-state index in [-0.39, 0.29) is 4.90 Å². The summed E-state index contributed by atoms with van der Waals surface area (Å²) in [4.78, 5) is 2.25. The highest BCUT2D eigenvalue weighted by Gasteiger charge is 2.30. The summed E-state index contributed by atoms with van der Waals surface area (Å²) in [5.74, 6) is 0.357. The Bertz CT molecular complexity index is 569. The van der Waals surface area contributed by atoms with Crippen LogP contribution in [0, 0.1) is 0 Å². The molecule has 1 saturated heterocycles. The van der Waals surface area contributed by atoms with Crippen molar-refractivity contribution in [2.45, 2.75) is 11.8 Å². The van der Waals surface area contributed by atoms with E-state index in [1.165, 1.54) is 10.4 Å². The number of benzene rings is 1. The van der Waals surface area contributed by atoms with Gasteiger partial charge in [-0.3, -0.25) is 0 Å². The van der Waals surface area contributed by atoms with Gasteiger partial charge < -0.3 is 9.64 Å². The Morgan fingerprint density at radius 3 is 2.50 bits per heavy atom. The van der Waals surface area contributed by atoms with E-state index in [1.54, 1.807) is 12.1 Å². The van der Waals surface area contributed by atoms with Crippen molar-refractivity contribution in [3.05, 3.63) is 23.2 Å². The van der Waals surface area contributed by atoms with Crippen molar-refractivity contribution < 1.29 is 13.2 Å². The molecule has 2 rings (SSSR count). The predicted molar refractivity (Wildman–Crippen MR) is 78.9 cm³/mol. The van der Waals surface area contributed by atoms with Crippen LogP contribution in [-0.2, 0) is 10.0 Å². The Hall–Kier alpha value is -0.820. The van der Waals surface area contributed by atoms with Gasteiger partial charge in [0.25, 0.3) is 0 Å². The van der Waals surface area contributed by atoms with Gasteiger partial charge in [0.15, 0.2) is 0 Å². The van der Waals surface area contributed by atoms with Crippen LogP contribution in [0.15, 0.2) is 23.1 Å². The molecule has 7 heteroatoms. The third-order valence-electron chi connectivity index (χ3n) is 3.29. The first kappa shape index (κ1) is 15.6. The molecule has 1 heterocycles. The summed E-state index contributed by atoms with van der Waals surface area (Å²) in [5, 5.41) is 0.390. The minimum absolute atomic E-state index is 0.149. The molecular formula is C13H19ClN2O3S. The van der Waals surface area contributed by atoms with Crippen LogP contribution in [0.3, 0.4) is 0 Å². The van der Waals surface area contributed by atoms with Gasteiger partial charge in [0.05, 0.1) is 6.61 Å². The molecule has 1 fully saturated rings. The summed E-state index contributed by atoms with van der Waals surface area (Å²) in [6.45, 7) is 4.65. The number of hydrogen-bond acceptors (Lipinski definition) is 4. The summed E-state index contributed by atoms with van der Waals surface area (Å²) in [6.07, 6.45) is 0. The third-order valence-corrected chi connectivity index (χ3v) is 5.44. The van der Waals surface area contributed by atoms with Crippen LogP contribution in [0.4, 0.5) is 0 Å². The lowest BCUT2D eigenvalue weighted by atomic mass is 10.3. The summed E-state index contributed by atoms with van der Waals surface area (Å²) < 4.78 is 32.3. The Balaban J connectivity index is 2.35. The van der Waals surface area contributed by atoms with Crippen LogP contribution in [0.2, 0.25) is 5.02 Å². The fourth-order valence-corrected chi connectivity index (χ4v) is 3.94. The van der Waals surface area contributed by atoms with E-state index in [1.807, 2.05) is 14.0 Å². The van der Waals surface area contributed by atoms with Crippen molar-refractivity contribution >= 4 is 21.6 Å². The molecule has 1 aliphatic rings. The average Bonchev–Trinajstić information content (AvgIpc) is 2.41. The van der Waals surface area contributed by atoms with Crippen LogP contribution < -0.4 is 4.74 Å². The van der Waals surface area contributed by atoms with E-state index in [0.29, 0.717) is 30.5 Å². The number of likely N-dealkylation sites (N-methyl/N-ethyl adjacent to an activating group) is 1. The van der Waals surface area contributed by atoms with Gasteiger partial charge in [0.1, 0.15) is 10.6 Å². The molecule has 1 aromatic rings. The molecule has 0 atom stereocenters. The molecule has 0 saturated carbocycles. The highest BCUT2D eigenvalue weighted by molar-refractivity contribution is 7.89. The molecule has 112 valence electrons. The van der Waals surface area contributed by atoms with Gasteiger partial charge in [-0.2, -0.15) is 4.31 Å². The molecule has 20 heavy (non-hydrogen) atoms. The Kier molecular flexibility index (Phi) is 4.90. The highest BCUT2D eigenvalue weighted by Crippen LogP contribution is 2.30. The summed E-state index contributed by atoms with van der Waals surface area (Å²) in [6, 6.07) is 4.70. The van der Waals surface area contributed by atoms with Gasteiger partial charge in [0.2, 0.25) is 10.0 Å². The van der Waals surface area contributed by atoms with Crippen molar-refractivity contribution in [3.63, 3.8) is 0 Å². The summed E-state index contributed by atoms with van der Waals surface area (Å²) in [7, 11) is -1.58. The zero-order valence-electron chi connectivity index (χ0n) is 11.7. The summed E-state index contributed by atoms with van der Waals surface area (Å²) >= 11 is 5.94. The lowest BCUT2D eigenvalue weighted by Crippen LogP contribution is -2.47. The van der Waals surface area contributed by atoms with Gasteiger partial charge in [-0.15, -0.1) is 0 Å². The van der Waals surface area contributed by atoms with E-state index in [9.17, 15) is 8.42 Å². The molecule has 0 aromatic heterocycles. The van der Waals surface area contributed by atoms with Crippen LogP contribution in [0.1, 0.15) is 6.92 Å². The zero-order chi connectivity index (χ0) is 14.8. The van der Waals surface area contributed by atoms with Crippen molar-refractivity contribution in [2.24, 2.45) is 0 Å². The zero-order valence-corrected chi connectivity index (χ0v) is 13.2. The standard InChI is InChI=1S/C13H19ClN2O3S/c1-3-19-12-5-4-11(14)10-13(12)20(17,18)16-8-6-15(2)7-9-16/h4-5,10H,3,6-9H2,1-2H3. The van der Waals surface area contributed by atoms with Crippen molar-refractivity contribution in [3.8, 4) is 5.75 Å². The molecule has 0 aliphatic carbocycles. The Morgan fingerprint density at radius 1 is 1.25 bits per heavy atom. The topological polar surface area (TPSA) is 49.9 Å². The van der Waals surface area contributed by atoms with Gasteiger partial charge in [0, 0.05) is 31.2 Å². The number of halogens is 1. The number of piperazine rings is 1. The number of nitrogens with zero attached hydrogens (tertiary/aromatic N) is 2. The third kappa shape index (κ3) is 3.25. The van der Waals surface area contributed by atoms with E-state index < -0.39 is 10.0 Å². The maximum atomic E-state index is 12.7. The molecule has 0 unspecified atom stereocenters. The smallest absolute Gasteiger partial charge is 0.246 e. The molecule has 1 aliphatic heterocycles. The number of ether oxygens (including phenoxy) is 1. The molecule has 0 spiro atoms. The first-order valence-corrected chi connectivity index (χ1v) is 8.38. The van der Waals surface area contributed by atoms with Crippen molar-refractivity contribution in [1.29, 1.82) is 0 Å². The van der Waals surface area contributed by atoms with Crippen LogP contribution in [0.25, 0.3) is 0 Å². The quantitative estimate of drug-likeness (QED) is 0.847. The molecule has 0 N–H and O–H groups in total. The fraction of sp³-hybridized carbons (Fsp3) is 0.538. The first-order valence-electron chi connectivity index (χ1n) is 6.56. The van der Waals surface area contributed by atoms with Gasteiger partial charge in [-0.1, -0.05) is 11.6 Å². The van der Waals surface area contributed by atoms with Crippen molar-refractivity contribution in [1.82, 2.24) is 9.21 Å². The molecule has 1 aromatic carbocycles. The lowest BCUT2D eigenvalue weighted by molar-refractivity contribution is 0.222. The highest BCUT2D eigenvalue weighted by atomic mass is 35.5. The second-order valence-corrected chi connectivity index (χ2v) is 7.07. The Morgan fingerprint density at radius 2 is 1.90 bits per heavy atom. The number of rotatable bonds is 4. The fourth-order valence-electron chi connectivity index (χ4n) is 2.13. The molecule has 0 amide bonds. The van der Waals surface area contributed by atoms with Crippen LogP contribution in [0.5, 0.6) is 5.75 Å². The average molecular weight is 319 g/mol. The molecule has 0 radical (unpaired) electrons. The molecular weight excluding hydrogens is 300 g/mol. The minimum Gasteiger partial charge on any atom is -0.492 e. The number of sulfonamides is 1. The number of hydrogen-bond donors (Lipinski definition) is 0. The van der Waals surface area contributed by atoms with Gasteiger partial charge in [-0.25, -0.2) is 8.42 Å². The predicted octanol–water partition coefficient (Wildman–Crippen LogP) is 1.67. The van der Waals surface area contributed by atoms with E-state index in [4.69, 9.17) is 16.3 Å². The van der Waals surface area contributed by atoms with E-state index in [2.05, 4.69) is 4.90 Å². The van der Waals surface area contributed by atoms with Crippen LogP contribution >= 0.6 is 11.6 Å². The minimum atomic E-state index is -3.56. The normalized spacial score (nSPS) is 18.1. The SMILES string of the molecule is CCOc1ccc(Cl)cc1S(=O)(=O)N1CCN(C)CC1. The molecule has 0 bridgehead atoms. The summed E-state index contributed by atoms with van der Waals surface area (Å²) in [5.41, 5.74) is 0. The largest absolute Gasteiger partial charge is 0.492 e. The van der Waals surface area contributed by atoms with E-state index in [0.717, 1.165) is 13.1 Å². The van der Waals surface area contributed by atoms with E-state index >= 15 is 0 Å². The second-order valence-electron chi connectivity index (χ2n) is 4.73. The van der Waals surface area contributed by atoms with Gasteiger partial charge >= 0.3 is 0 Å². The van der Waals surface area contributed by atoms with Gasteiger partial charge in [-0.05, 0) is 32.2 Å².